The first-order valence-corrected chi connectivity index (χ1v) is 11.7. The van der Waals surface area contributed by atoms with Crippen LogP contribution < -0.4 is 0 Å². The molecule has 0 spiro atoms. The van der Waals surface area contributed by atoms with Gasteiger partial charge < -0.3 is 4.90 Å². The van der Waals surface area contributed by atoms with Crippen molar-refractivity contribution in [2.75, 3.05) is 13.1 Å². The lowest BCUT2D eigenvalue weighted by Crippen LogP contribution is -2.36. The summed E-state index contributed by atoms with van der Waals surface area (Å²) in [7, 11) is 0. The van der Waals surface area contributed by atoms with E-state index in [1.807, 2.05) is 0 Å². The van der Waals surface area contributed by atoms with E-state index in [4.69, 9.17) is 11.6 Å². The molecule has 1 saturated heterocycles. The van der Waals surface area contributed by atoms with Crippen LogP contribution >= 0.6 is 22.9 Å². The van der Waals surface area contributed by atoms with Gasteiger partial charge in [-0.2, -0.15) is 0 Å². The normalized spacial score (nSPS) is 14.6. The van der Waals surface area contributed by atoms with Crippen molar-refractivity contribution in [3.8, 4) is 11.3 Å². The number of carbonyl (C=O) groups is 1. The number of nitrogens with zero attached hydrogens (tertiary/aromatic N) is 3. The second kappa shape index (κ2) is 10.3. The van der Waals surface area contributed by atoms with Gasteiger partial charge in [-0.1, -0.05) is 17.7 Å². The first-order valence-electron chi connectivity index (χ1n) is 10.5. The van der Waals surface area contributed by atoms with Crippen molar-refractivity contribution >= 4 is 40.6 Å². The lowest BCUT2D eigenvalue weighted by Gasteiger charge is -2.30. The van der Waals surface area contributed by atoms with Gasteiger partial charge in [-0.25, -0.2) is 26.9 Å². The van der Waals surface area contributed by atoms with E-state index in [2.05, 4.69) is 4.98 Å². The topological polar surface area (TPSA) is 76.3 Å². The SMILES string of the molecule is O=C(C=Cc1c(F)c(F)c(F)c(F)c1F)N1CCC(c2nc(-c3ccc(Cl)c([N+](=O)[O-])c3)cs2)CC1. The van der Waals surface area contributed by atoms with Crippen LogP contribution in [-0.4, -0.2) is 33.8 Å². The summed E-state index contributed by atoms with van der Waals surface area (Å²) in [6, 6.07) is 4.41. The van der Waals surface area contributed by atoms with E-state index in [1.54, 1.807) is 11.4 Å². The molecule has 4 rings (SSSR count). The lowest BCUT2D eigenvalue weighted by atomic mass is 9.97. The largest absolute Gasteiger partial charge is 0.339 e. The Morgan fingerprint density at radius 1 is 1.08 bits per heavy atom. The predicted octanol–water partition coefficient (Wildman–Crippen LogP) is 6.49. The van der Waals surface area contributed by atoms with E-state index in [0.717, 1.165) is 11.1 Å². The number of hydrogen-bond donors (Lipinski definition) is 0. The number of halogens is 6. The zero-order chi connectivity index (χ0) is 26.1. The average molecular weight is 544 g/mol. The number of piperidine rings is 1. The summed E-state index contributed by atoms with van der Waals surface area (Å²) in [4.78, 5) is 29.0. The molecule has 13 heteroatoms. The van der Waals surface area contributed by atoms with E-state index in [0.29, 0.717) is 30.2 Å². The smallest absolute Gasteiger partial charge is 0.288 e. The lowest BCUT2D eigenvalue weighted by molar-refractivity contribution is -0.384. The van der Waals surface area contributed by atoms with Gasteiger partial charge >= 0.3 is 0 Å². The molecule has 0 N–H and O–H groups in total. The number of carbonyl (C=O) groups excluding carboxylic acids is 1. The Morgan fingerprint density at radius 2 is 1.69 bits per heavy atom. The fourth-order valence-electron chi connectivity index (χ4n) is 3.79. The summed E-state index contributed by atoms with van der Waals surface area (Å²) in [6.07, 6.45) is 2.39. The zero-order valence-electron chi connectivity index (χ0n) is 18.1. The Bertz CT molecular complexity index is 1360. The minimum absolute atomic E-state index is 0.00856. The van der Waals surface area contributed by atoms with Crippen LogP contribution in [0.3, 0.4) is 0 Å². The van der Waals surface area contributed by atoms with Gasteiger partial charge in [-0.05, 0) is 25.0 Å². The van der Waals surface area contributed by atoms with Gasteiger partial charge in [0, 0.05) is 42.1 Å². The van der Waals surface area contributed by atoms with Crippen LogP contribution in [0, 0.1) is 39.2 Å². The monoisotopic (exact) mass is 543 g/mol. The number of thiazole rings is 1. The molecule has 6 nitrogen and oxygen atoms in total. The maximum Gasteiger partial charge on any atom is 0.288 e. The third-order valence-corrected chi connectivity index (χ3v) is 7.08. The molecule has 3 aromatic rings. The highest BCUT2D eigenvalue weighted by molar-refractivity contribution is 7.10. The van der Waals surface area contributed by atoms with Crippen LogP contribution in [-0.2, 0) is 4.79 Å². The summed E-state index contributed by atoms with van der Waals surface area (Å²) in [5.74, 6) is -11.1. The van der Waals surface area contributed by atoms with Crippen molar-refractivity contribution in [1.82, 2.24) is 9.88 Å². The minimum atomic E-state index is -2.27. The van der Waals surface area contributed by atoms with Crippen LogP contribution in [0.2, 0.25) is 5.02 Å². The van der Waals surface area contributed by atoms with Gasteiger partial charge in [0.2, 0.25) is 11.7 Å². The molecule has 2 heterocycles. The molecule has 1 fully saturated rings. The van der Waals surface area contributed by atoms with Crippen molar-refractivity contribution in [2.45, 2.75) is 18.8 Å². The molecule has 0 radical (unpaired) electrons. The second-order valence-corrected chi connectivity index (χ2v) is 9.21. The molecule has 1 aromatic heterocycles. The number of nitro benzene ring substituents is 1. The van der Waals surface area contributed by atoms with Gasteiger partial charge in [0.25, 0.3) is 5.69 Å². The predicted molar refractivity (Wildman–Crippen MR) is 123 cm³/mol. The van der Waals surface area contributed by atoms with E-state index in [9.17, 15) is 36.9 Å². The summed E-state index contributed by atoms with van der Waals surface area (Å²) in [6.45, 7) is 0.568. The number of aromatic nitrogens is 1. The molecular weight excluding hydrogens is 529 g/mol. The summed E-state index contributed by atoms with van der Waals surface area (Å²) < 4.78 is 67.4. The van der Waals surface area contributed by atoms with Gasteiger partial charge in [-0.3, -0.25) is 14.9 Å². The molecule has 1 aliphatic rings. The van der Waals surface area contributed by atoms with Gasteiger partial charge in [-0.15, -0.1) is 11.3 Å². The van der Waals surface area contributed by atoms with E-state index >= 15 is 0 Å². The number of rotatable bonds is 5. The van der Waals surface area contributed by atoms with E-state index in [-0.39, 0.29) is 29.7 Å². The number of nitro groups is 1. The fourth-order valence-corrected chi connectivity index (χ4v) is 4.98. The third kappa shape index (κ3) is 4.96. The number of likely N-dealkylation sites (tertiary alicyclic amines) is 1. The molecule has 1 aliphatic heterocycles. The molecular formula is C23H15ClF5N3O3S. The summed E-state index contributed by atoms with van der Waals surface area (Å²) in [5, 5.41) is 13.7. The van der Waals surface area contributed by atoms with Crippen LogP contribution in [0.1, 0.15) is 29.3 Å². The number of hydrogen-bond acceptors (Lipinski definition) is 5. The third-order valence-electron chi connectivity index (χ3n) is 5.75. The van der Waals surface area contributed by atoms with Crippen molar-refractivity contribution in [3.63, 3.8) is 0 Å². The van der Waals surface area contributed by atoms with Crippen LogP contribution in [0.15, 0.2) is 29.7 Å². The van der Waals surface area contributed by atoms with Gasteiger partial charge in [0.05, 0.1) is 21.2 Å². The molecule has 0 bridgehead atoms. The number of benzene rings is 2. The highest BCUT2D eigenvalue weighted by atomic mass is 35.5. The molecule has 0 saturated carbocycles. The van der Waals surface area contributed by atoms with Crippen LogP contribution in [0.5, 0.6) is 0 Å². The van der Waals surface area contributed by atoms with Crippen molar-refractivity contribution in [2.24, 2.45) is 0 Å². The standard InChI is InChI=1S/C23H15ClF5N3O3S/c24-14-3-1-12(9-16(14)32(34)35)15-10-36-23(30-15)11-5-7-31(8-6-11)17(33)4-2-13-18(25)20(27)22(29)21(28)19(13)26/h1-4,9-11H,5-8H2. The average Bonchev–Trinajstić information content (AvgIpc) is 3.36. The molecule has 0 aliphatic carbocycles. The van der Waals surface area contributed by atoms with E-state index in [1.165, 1.54) is 28.4 Å². The highest BCUT2D eigenvalue weighted by Crippen LogP contribution is 2.35. The first-order chi connectivity index (χ1) is 17.1. The summed E-state index contributed by atoms with van der Waals surface area (Å²) >= 11 is 7.23. The molecule has 36 heavy (non-hydrogen) atoms. The number of amides is 1. The Hall–Kier alpha value is -3.38. The van der Waals surface area contributed by atoms with Gasteiger partial charge in [0.15, 0.2) is 23.3 Å². The van der Waals surface area contributed by atoms with Crippen molar-refractivity contribution in [3.05, 3.63) is 84.4 Å². The Labute approximate surface area is 209 Å². The first kappa shape index (κ1) is 25.7. The molecule has 2 aromatic carbocycles. The van der Waals surface area contributed by atoms with Crippen LogP contribution in [0.25, 0.3) is 17.3 Å². The summed E-state index contributed by atoms with van der Waals surface area (Å²) in [5.41, 5.74) is -0.319. The Balaban J connectivity index is 1.41. The quantitative estimate of drug-likeness (QED) is 0.0921. The molecule has 0 atom stereocenters. The maximum absolute atomic E-state index is 13.8. The molecule has 188 valence electrons. The second-order valence-electron chi connectivity index (χ2n) is 7.91. The fraction of sp³-hybridized carbons (Fsp3) is 0.217. The van der Waals surface area contributed by atoms with Crippen molar-refractivity contribution < 1.29 is 31.7 Å². The van der Waals surface area contributed by atoms with Crippen molar-refractivity contribution in [1.29, 1.82) is 0 Å². The Morgan fingerprint density at radius 3 is 2.31 bits per heavy atom. The highest BCUT2D eigenvalue weighted by Gasteiger charge is 2.27. The van der Waals surface area contributed by atoms with E-state index < -0.39 is 45.5 Å². The molecule has 1 amide bonds. The minimum Gasteiger partial charge on any atom is -0.339 e. The molecule has 0 unspecified atom stereocenters. The maximum atomic E-state index is 13.8. The van der Waals surface area contributed by atoms with Crippen LogP contribution in [0.4, 0.5) is 27.6 Å². The Kier molecular flexibility index (Phi) is 7.36. The van der Waals surface area contributed by atoms with Gasteiger partial charge in [0.1, 0.15) is 5.02 Å². The zero-order valence-corrected chi connectivity index (χ0v) is 19.7.